The van der Waals surface area contributed by atoms with Gasteiger partial charge in [0, 0.05) is 11.4 Å². The van der Waals surface area contributed by atoms with Crippen LogP contribution in [0.25, 0.3) is 0 Å². The largest absolute Gasteiger partial charge is 0.468 e. The molecule has 3 rings (SSSR count). The molecule has 0 saturated heterocycles. The number of methoxy groups -OCH3 is 1. The lowest BCUT2D eigenvalue weighted by molar-refractivity contribution is -0.141. The number of nitrogen functional groups attached to an aromatic ring is 2. The van der Waals surface area contributed by atoms with Crippen molar-refractivity contribution < 1.29 is 14.3 Å². The maximum absolute atomic E-state index is 12.3. The summed E-state index contributed by atoms with van der Waals surface area (Å²) in [6.45, 7) is 0. The molecule has 26 heavy (non-hydrogen) atoms. The number of hydrogen-bond acceptors (Lipinski definition) is 5. The Bertz CT molecular complexity index is 873. The highest BCUT2D eigenvalue weighted by Crippen LogP contribution is 2.29. The molecule has 0 amide bonds. The summed E-state index contributed by atoms with van der Waals surface area (Å²) in [5, 5.41) is 0. The van der Waals surface area contributed by atoms with Crippen LogP contribution in [-0.2, 0) is 9.53 Å². The minimum Gasteiger partial charge on any atom is -0.468 e. The van der Waals surface area contributed by atoms with Crippen LogP contribution in [0.4, 0.5) is 11.4 Å². The third kappa shape index (κ3) is 3.95. The SMILES string of the molecule is COC(=O)C(c1ccc(N)cc1)c1ccc(Oc2ccc(N)cc2)cc1. The number of nitrogens with two attached hydrogens (primary N) is 2. The second-order valence-corrected chi connectivity index (χ2v) is 5.86. The van der Waals surface area contributed by atoms with Crippen LogP contribution in [0.1, 0.15) is 17.0 Å². The molecule has 0 fully saturated rings. The standard InChI is InChI=1S/C21H20N2O3/c1-25-21(24)20(14-2-6-16(22)7-3-14)15-4-10-18(11-5-15)26-19-12-8-17(23)9-13-19/h2-13,20H,22-23H2,1H3. The number of rotatable bonds is 5. The number of esters is 1. The molecule has 0 heterocycles. The molecular weight excluding hydrogens is 328 g/mol. The van der Waals surface area contributed by atoms with Crippen LogP contribution in [0, 0.1) is 0 Å². The van der Waals surface area contributed by atoms with Gasteiger partial charge in [0.25, 0.3) is 0 Å². The Morgan fingerprint density at radius 3 is 1.58 bits per heavy atom. The molecule has 0 bridgehead atoms. The first-order valence-corrected chi connectivity index (χ1v) is 8.13. The number of benzene rings is 3. The topological polar surface area (TPSA) is 87.6 Å². The second-order valence-electron chi connectivity index (χ2n) is 5.86. The van der Waals surface area contributed by atoms with Crippen molar-refractivity contribution in [3.05, 3.63) is 83.9 Å². The van der Waals surface area contributed by atoms with Gasteiger partial charge in [0.15, 0.2) is 0 Å². The maximum Gasteiger partial charge on any atom is 0.317 e. The number of anilines is 2. The molecule has 0 radical (unpaired) electrons. The molecule has 3 aromatic rings. The summed E-state index contributed by atoms with van der Waals surface area (Å²) in [5.41, 5.74) is 14.4. The van der Waals surface area contributed by atoms with Crippen molar-refractivity contribution in [1.82, 2.24) is 0 Å². The highest BCUT2D eigenvalue weighted by Gasteiger charge is 2.23. The van der Waals surface area contributed by atoms with Crippen LogP contribution in [-0.4, -0.2) is 13.1 Å². The monoisotopic (exact) mass is 348 g/mol. The van der Waals surface area contributed by atoms with Crippen molar-refractivity contribution in [2.75, 3.05) is 18.6 Å². The zero-order valence-corrected chi connectivity index (χ0v) is 14.4. The van der Waals surface area contributed by atoms with Crippen molar-refractivity contribution in [3.63, 3.8) is 0 Å². The Labute approximate surface area is 152 Å². The lowest BCUT2D eigenvalue weighted by Gasteiger charge is -2.16. The number of hydrogen-bond donors (Lipinski definition) is 2. The predicted molar refractivity (Wildman–Crippen MR) is 102 cm³/mol. The number of carbonyl (C=O) groups is 1. The van der Waals surface area contributed by atoms with Gasteiger partial charge in [-0.3, -0.25) is 4.79 Å². The third-order valence-corrected chi connectivity index (χ3v) is 4.04. The fourth-order valence-electron chi connectivity index (χ4n) is 2.67. The highest BCUT2D eigenvalue weighted by atomic mass is 16.5. The van der Waals surface area contributed by atoms with Gasteiger partial charge in [-0.05, 0) is 59.7 Å². The van der Waals surface area contributed by atoms with E-state index < -0.39 is 5.92 Å². The van der Waals surface area contributed by atoms with Gasteiger partial charge in [0.05, 0.1) is 7.11 Å². The van der Waals surface area contributed by atoms with E-state index in [2.05, 4.69) is 0 Å². The molecule has 0 saturated carbocycles. The lowest BCUT2D eigenvalue weighted by Crippen LogP contribution is -2.15. The summed E-state index contributed by atoms with van der Waals surface area (Å²) in [6.07, 6.45) is 0. The summed E-state index contributed by atoms with van der Waals surface area (Å²) in [7, 11) is 1.38. The average molecular weight is 348 g/mol. The smallest absolute Gasteiger partial charge is 0.317 e. The molecular formula is C21H20N2O3. The average Bonchev–Trinajstić information content (AvgIpc) is 2.66. The van der Waals surface area contributed by atoms with Crippen LogP contribution in [0.3, 0.4) is 0 Å². The van der Waals surface area contributed by atoms with Gasteiger partial charge in [0.2, 0.25) is 0 Å². The summed E-state index contributed by atoms with van der Waals surface area (Å²) in [4.78, 5) is 12.3. The summed E-state index contributed by atoms with van der Waals surface area (Å²) in [6, 6.07) is 21.7. The first-order chi connectivity index (χ1) is 12.6. The van der Waals surface area contributed by atoms with Crippen LogP contribution < -0.4 is 16.2 Å². The minimum atomic E-state index is -0.522. The quantitative estimate of drug-likeness (QED) is 0.538. The van der Waals surface area contributed by atoms with Crippen LogP contribution in [0.2, 0.25) is 0 Å². The predicted octanol–water partition coefficient (Wildman–Crippen LogP) is 3.95. The minimum absolute atomic E-state index is 0.332. The Morgan fingerprint density at radius 2 is 1.12 bits per heavy atom. The zero-order valence-electron chi connectivity index (χ0n) is 14.4. The first-order valence-electron chi connectivity index (χ1n) is 8.13. The molecule has 5 heteroatoms. The summed E-state index contributed by atoms with van der Waals surface area (Å²) < 4.78 is 10.8. The van der Waals surface area contributed by atoms with E-state index in [4.69, 9.17) is 20.9 Å². The van der Waals surface area contributed by atoms with Crippen LogP contribution in [0.15, 0.2) is 72.8 Å². The molecule has 0 aliphatic heterocycles. The molecule has 1 unspecified atom stereocenters. The summed E-state index contributed by atoms with van der Waals surface area (Å²) >= 11 is 0. The van der Waals surface area contributed by atoms with Crippen molar-refractivity contribution >= 4 is 17.3 Å². The second kappa shape index (κ2) is 7.61. The van der Waals surface area contributed by atoms with Crippen molar-refractivity contribution in [3.8, 4) is 11.5 Å². The van der Waals surface area contributed by atoms with Gasteiger partial charge in [-0.15, -0.1) is 0 Å². The molecule has 4 N–H and O–H groups in total. The van der Waals surface area contributed by atoms with E-state index >= 15 is 0 Å². The Hall–Kier alpha value is -3.47. The molecule has 0 aromatic heterocycles. The number of ether oxygens (including phenoxy) is 2. The molecule has 0 spiro atoms. The first kappa shape index (κ1) is 17.4. The molecule has 0 aliphatic carbocycles. The third-order valence-electron chi connectivity index (χ3n) is 4.04. The highest BCUT2D eigenvalue weighted by molar-refractivity contribution is 5.82. The van der Waals surface area contributed by atoms with E-state index in [1.165, 1.54) is 7.11 Å². The van der Waals surface area contributed by atoms with Gasteiger partial charge < -0.3 is 20.9 Å². The van der Waals surface area contributed by atoms with E-state index in [0.717, 1.165) is 11.1 Å². The van der Waals surface area contributed by atoms with Gasteiger partial charge in [-0.2, -0.15) is 0 Å². The van der Waals surface area contributed by atoms with Gasteiger partial charge in [-0.1, -0.05) is 24.3 Å². The van der Waals surface area contributed by atoms with Crippen molar-refractivity contribution in [1.29, 1.82) is 0 Å². The van der Waals surface area contributed by atoms with E-state index in [1.807, 2.05) is 36.4 Å². The molecule has 1 atom stereocenters. The van der Waals surface area contributed by atoms with Crippen LogP contribution >= 0.6 is 0 Å². The van der Waals surface area contributed by atoms with Gasteiger partial charge in [-0.25, -0.2) is 0 Å². The molecule has 132 valence electrons. The fraction of sp³-hybridized carbons (Fsp3) is 0.0952. The van der Waals surface area contributed by atoms with E-state index in [9.17, 15) is 4.79 Å². The van der Waals surface area contributed by atoms with Crippen molar-refractivity contribution in [2.24, 2.45) is 0 Å². The van der Waals surface area contributed by atoms with Crippen LogP contribution in [0.5, 0.6) is 11.5 Å². The normalized spacial score (nSPS) is 11.6. The molecule has 3 aromatic carbocycles. The van der Waals surface area contributed by atoms with E-state index in [1.54, 1.807) is 36.4 Å². The maximum atomic E-state index is 12.3. The summed E-state index contributed by atoms with van der Waals surface area (Å²) in [5.74, 6) is 0.502. The van der Waals surface area contributed by atoms with Gasteiger partial charge >= 0.3 is 5.97 Å². The Balaban J connectivity index is 1.84. The molecule has 0 aliphatic rings. The lowest BCUT2D eigenvalue weighted by atomic mass is 9.91. The van der Waals surface area contributed by atoms with E-state index in [-0.39, 0.29) is 5.97 Å². The Morgan fingerprint density at radius 1 is 0.731 bits per heavy atom. The zero-order chi connectivity index (χ0) is 18.5. The van der Waals surface area contributed by atoms with E-state index in [0.29, 0.717) is 22.9 Å². The number of carbonyl (C=O) groups excluding carboxylic acids is 1. The molecule has 5 nitrogen and oxygen atoms in total. The van der Waals surface area contributed by atoms with Gasteiger partial charge in [0.1, 0.15) is 17.4 Å². The van der Waals surface area contributed by atoms with Crippen molar-refractivity contribution in [2.45, 2.75) is 5.92 Å². The Kier molecular flexibility index (Phi) is 5.08. The fourth-order valence-corrected chi connectivity index (χ4v) is 2.67.